The van der Waals surface area contributed by atoms with Crippen LogP contribution in [-0.4, -0.2) is 35.7 Å². The standard InChI is InChI=1S/C24H21BrN2O5S/c25-21-10-9-14(33-21)12-26-23(30)20(11-22(28)29)27-24(31)32-13-19-17-7-3-1-5-15(17)16-6-2-4-8-18(16)19/h1-10,19-20H,11-13H2,(H,26,30)(H,27,31)(H,28,29). The summed E-state index contributed by atoms with van der Waals surface area (Å²) in [6, 6.07) is 18.4. The lowest BCUT2D eigenvalue weighted by Crippen LogP contribution is -2.47. The zero-order valence-corrected chi connectivity index (χ0v) is 19.8. The number of hydrogen-bond donors (Lipinski definition) is 3. The van der Waals surface area contributed by atoms with Gasteiger partial charge in [0.25, 0.3) is 0 Å². The lowest BCUT2D eigenvalue weighted by atomic mass is 9.98. The van der Waals surface area contributed by atoms with Gasteiger partial charge in [-0.3, -0.25) is 9.59 Å². The summed E-state index contributed by atoms with van der Waals surface area (Å²) in [6.07, 6.45) is -1.39. The Morgan fingerprint density at radius 3 is 2.21 bits per heavy atom. The number of thiophene rings is 1. The number of benzene rings is 2. The van der Waals surface area contributed by atoms with Crippen molar-refractivity contribution in [3.05, 3.63) is 80.5 Å². The molecule has 2 amide bonds. The maximum Gasteiger partial charge on any atom is 0.407 e. The lowest BCUT2D eigenvalue weighted by molar-refractivity contribution is -0.139. The first kappa shape index (κ1) is 23.0. The molecule has 1 atom stereocenters. The molecule has 1 heterocycles. The average molecular weight is 529 g/mol. The molecule has 1 aromatic heterocycles. The van der Waals surface area contributed by atoms with Crippen molar-refractivity contribution < 1.29 is 24.2 Å². The Bertz CT molecular complexity index is 1150. The van der Waals surface area contributed by atoms with Gasteiger partial charge in [0.15, 0.2) is 0 Å². The van der Waals surface area contributed by atoms with Crippen LogP contribution in [0.4, 0.5) is 4.79 Å². The fourth-order valence-electron chi connectivity index (χ4n) is 3.91. The molecule has 0 radical (unpaired) electrons. The van der Waals surface area contributed by atoms with Gasteiger partial charge in [0.2, 0.25) is 5.91 Å². The third-order valence-corrected chi connectivity index (χ3v) is 7.02. The van der Waals surface area contributed by atoms with Gasteiger partial charge >= 0.3 is 12.1 Å². The number of carbonyl (C=O) groups is 3. The maximum atomic E-state index is 12.5. The predicted octanol–water partition coefficient (Wildman–Crippen LogP) is 4.51. The molecule has 3 aromatic rings. The van der Waals surface area contributed by atoms with Gasteiger partial charge in [0.1, 0.15) is 12.6 Å². The van der Waals surface area contributed by atoms with Crippen LogP contribution < -0.4 is 10.6 Å². The molecule has 2 aromatic carbocycles. The van der Waals surface area contributed by atoms with Gasteiger partial charge in [-0.05, 0) is 50.3 Å². The summed E-state index contributed by atoms with van der Waals surface area (Å²) < 4.78 is 6.36. The number of rotatable bonds is 8. The smallest absolute Gasteiger partial charge is 0.407 e. The Labute approximate surface area is 202 Å². The molecule has 33 heavy (non-hydrogen) atoms. The van der Waals surface area contributed by atoms with Gasteiger partial charge < -0.3 is 20.5 Å². The van der Waals surface area contributed by atoms with Gasteiger partial charge in [-0.15, -0.1) is 11.3 Å². The van der Waals surface area contributed by atoms with Crippen molar-refractivity contribution in [1.82, 2.24) is 10.6 Å². The highest BCUT2D eigenvalue weighted by molar-refractivity contribution is 9.11. The Morgan fingerprint density at radius 2 is 1.64 bits per heavy atom. The number of halogens is 1. The molecule has 0 aliphatic heterocycles. The number of fused-ring (bicyclic) bond motifs is 3. The van der Waals surface area contributed by atoms with Crippen LogP contribution in [0.2, 0.25) is 0 Å². The first-order valence-electron chi connectivity index (χ1n) is 10.3. The van der Waals surface area contributed by atoms with E-state index in [1.807, 2.05) is 60.7 Å². The van der Waals surface area contributed by atoms with Gasteiger partial charge in [-0.25, -0.2) is 4.79 Å². The molecule has 1 unspecified atom stereocenters. The van der Waals surface area contributed by atoms with Crippen LogP contribution in [0.3, 0.4) is 0 Å². The van der Waals surface area contributed by atoms with Crippen molar-refractivity contribution in [2.24, 2.45) is 0 Å². The van der Waals surface area contributed by atoms with E-state index >= 15 is 0 Å². The van der Waals surface area contributed by atoms with Crippen LogP contribution >= 0.6 is 27.3 Å². The second-order valence-corrected chi connectivity index (χ2v) is 10.1. The Balaban J connectivity index is 1.38. The molecule has 1 aliphatic rings. The molecule has 0 bridgehead atoms. The van der Waals surface area contributed by atoms with Gasteiger partial charge in [0.05, 0.1) is 16.8 Å². The first-order chi connectivity index (χ1) is 15.9. The Hall–Kier alpha value is -3.17. The van der Waals surface area contributed by atoms with Crippen LogP contribution in [0.25, 0.3) is 11.1 Å². The average Bonchev–Trinajstić information content (AvgIpc) is 3.36. The van der Waals surface area contributed by atoms with E-state index in [1.54, 1.807) is 0 Å². The summed E-state index contributed by atoms with van der Waals surface area (Å²) in [5.74, 6) is -1.92. The minimum atomic E-state index is -1.25. The molecule has 170 valence electrons. The number of nitrogens with one attached hydrogen (secondary N) is 2. The number of carboxylic acid groups (broad SMARTS) is 1. The topological polar surface area (TPSA) is 105 Å². The second kappa shape index (κ2) is 10.2. The molecular formula is C24H21BrN2O5S. The molecule has 7 nitrogen and oxygen atoms in total. The third-order valence-electron chi connectivity index (χ3n) is 5.40. The molecule has 3 N–H and O–H groups in total. The fraction of sp³-hybridized carbons (Fsp3) is 0.208. The minimum absolute atomic E-state index is 0.0739. The van der Waals surface area contributed by atoms with E-state index in [0.29, 0.717) is 0 Å². The first-order valence-corrected chi connectivity index (χ1v) is 11.9. The summed E-state index contributed by atoms with van der Waals surface area (Å²) >= 11 is 4.81. The fourth-order valence-corrected chi connectivity index (χ4v) is 5.33. The quantitative estimate of drug-likeness (QED) is 0.399. The highest BCUT2D eigenvalue weighted by atomic mass is 79.9. The highest BCUT2D eigenvalue weighted by Crippen LogP contribution is 2.44. The van der Waals surface area contributed by atoms with Gasteiger partial charge in [-0.1, -0.05) is 48.5 Å². The normalized spacial score (nSPS) is 13.0. The van der Waals surface area contributed by atoms with Crippen LogP contribution in [0.5, 0.6) is 0 Å². The Morgan fingerprint density at radius 1 is 1.00 bits per heavy atom. The van der Waals surface area contributed by atoms with Crippen molar-refractivity contribution >= 4 is 45.2 Å². The number of carbonyl (C=O) groups excluding carboxylic acids is 2. The number of amides is 2. The van der Waals surface area contributed by atoms with Crippen LogP contribution in [0.15, 0.2) is 64.5 Å². The van der Waals surface area contributed by atoms with Crippen molar-refractivity contribution in [2.75, 3.05) is 6.61 Å². The second-order valence-electron chi connectivity index (χ2n) is 7.54. The summed E-state index contributed by atoms with van der Waals surface area (Å²) in [5.41, 5.74) is 4.33. The molecule has 0 spiro atoms. The summed E-state index contributed by atoms with van der Waals surface area (Å²) in [4.78, 5) is 37.2. The van der Waals surface area contributed by atoms with E-state index in [9.17, 15) is 19.5 Å². The molecule has 0 saturated carbocycles. The molecule has 0 fully saturated rings. The van der Waals surface area contributed by atoms with E-state index in [2.05, 4.69) is 26.6 Å². The summed E-state index contributed by atoms with van der Waals surface area (Å²) in [6.45, 7) is 0.308. The van der Waals surface area contributed by atoms with E-state index in [-0.39, 0.29) is 19.1 Å². The highest BCUT2D eigenvalue weighted by Gasteiger charge is 2.30. The monoisotopic (exact) mass is 528 g/mol. The SMILES string of the molecule is O=C(O)CC(NC(=O)OCC1c2ccccc2-c2ccccc21)C(=O)NCc1ccc(Br)s1. The number of ether oxygens (including phenoxy) is 1. The molecule has 1 aliphatic carbocycles. The number of alkyl carbamates (subject to hydrolysis) is 1. The van der Waals surface area contributed by atoms with Crippen molar-refractivity contribution in [3.63, 3.8) is 0 Å². The summed E-state index contributed by atoms with van der Waals surface area (Å²) in [7, 11) is 0. The molecular weight excluding hydrogens is 508 g/mol. The van der Waals surface area contributed by atoms with Crippen LogP contribution in [0.1, 0.15) is 28.3 Å². The van der Waals surface area contributed by atoms with Crippen molar-refractivity contribution in [1.29, 1.82) is 0 Å². The van der Waals surface area contributed by atoms with Crippen molar-refractivity contribution in [2.45, 2.75) is 24.9 Å². The van der Waals surface area contributed by atoms with E-state index in [1.165, 1.54) is 11.3 Å². The largest absolute Gasteiger partial charge is 0.481 e. The van der Waals surface area contributed by atoms with Gasteiger partial charge in [-0.2, -0.15) is 0 Å². The van der Waals surface area contributed by atoms with E-state index in [0.717, 1.165) is 30.9 Å². The van der Waals surface area contributed by atoms with Gasteiger partial charge in [0, 0.05) is 10.8 Å². The molecule has 0 saturated heterocycles. The molecule has 9 heteroatoms. The lowest BCUT2D eigenvalue weighted by Gasteiger charge is -2.18. The van der Waals surface area contributed by atoms with E-state index in [4.69, 9.17) is 4.74 Å². The van der Waals surface area contributed by atoms with Crippen LogP contribution in [0, 0.1) is 0 Å². The zero-order valence-electron chi connectivity index (χ0n) is 17.4. The number of hydrogen-bond acceptors (Lipinski definition) is 5. The zero-order chi connectivity index (χ0) is 23.4. The van der Waals surface area contributed by atoms with E-state index < -0.39 is 30.4 Å². The maximum absolute atomic E-state index is 12.5. The molecule has 4 rings (SSSR count). The number of carboxylic acids is 1. The third kappa shape index (κ3) is 5.43. The Kier molecular flexibility index (Phi) is 7.10. The van der Waals surface area contributed by atoms with Crippen molar-refractivity contribution in [3.8, 4) is 11.1 Å². The van der Waals surface area contributed by atoms with Crippen LogP contribution in [-0.2, 0) is 20.9 Å². The summed E-state index contributed by atoms with van der Waals surface area (Å²) in [5, 5.41) is 14.2. The predicted molar refractivity (Wildman–Crippen MR) is 128 cm³/mol. The minimum Gasteiger partial charge on any atom is -0.481 e. The number of aliphatic carboxylic acids is 1.